The fourth-order valence-electron chi connectivity index (χ4n) is 2.64. The van der Waals surface area contributed by atoms with Crippen LogP contribution in [0.2, 0.25) is 0 Å². The predicted molar refractivity (Wildman–Crippen MR) is 87.0 cm³/mol. The van der Waals surface area contributed by atoms with Crippen LogP contribution in [0.4, 0.5) is 4.79 Å². The average Bonchev–Trinajstić information content (AvgIpc) is 3.26. The molecule has 0 bridgehead atoms. The molecule has 1 atom stereocenters. The molecule has 0 radical (unpaired) electrons. The number of aromatic nitrogens is 2. The number of carbonyl (C=O) groups excluding carboxylic acids is 1. The summed E-state index contributed by atoms with van der Waals surface area (Å²) in [5, 5.41) is 9.92. The van der Waals surface area contributed by atoms with Crippen LogP contribution in [0.25, 0.3) is 0 Å². The lowest BCUT2D eigenvalue weighted by Crippen LogP contribution is -2.51. The van der Waals surface area contributed by atoms with Crippen LogP contribution in [0.5, 0.6) is 0 Å². The van der Waals surface area contributed by atoms with Crippen LogP contribution in [0.3, 0.4) is 0 Å². The van der Waals surface area contributed by atoms with E-state index < -0.39 is 0 Å². The second-order valence-electron chi connectivity index (χ2n) is 5.53. The summed E-state index contributed by atoms with van der Waals surface area (Å²) in [6.45, 7) is 5.95. The van der Waals surface area contributed by atoms with Gasteiger partial charge in [0.2, 0.25) is 0 Å². The Kier molecular flexibility index (Phi) is 5.24. The van der Waals surface area contributed by atoms with Gasteiger partial charge in [-0.2, -0.15) is 0 Å². The van der Waals surface area contributed by atoms with Crippen LogP contribution in [0, 0.1) is 0 Å². The van der Waals surface area contributed by atoms with Crippen molar-refractivity contribution in [3.05, 3.63) is 34.6 Å². The molecule has 23 heavy (non-hydrogen) atoms. The minimum absolute atomic E-state index is 0.00402. The normalized spacial score (nSPS) is 17.2. The number of piperazine rings is 1. The van der Waals surface area contributed by atoms with E-state index in [0.29, 0.717) is 0 Å². The number of hydrogen-bond acceptors (Lipinski definition) is 6. The molecule has 2 amide bonds. The second kappa shape index (κ2) is 7.56. The highest BCUT2D eigenvalue weighted by Gasteiger charge is 2.24. The summed E-state index contributed by atoms with van der Waals surface area (Å²) < 4.78 is 4.85. The largest absolute Gasteiger partial charge is 0.364 e. The molecule has 0 aromatic carbocycles. The van der Waals surface area contributed by atoms with E-state index in [1.54, 1.807) is 23.8 Å². The minimum atomic E-state index is -0.00636. The van der Waals surface area contributed by atoms with Crippen molar-refractivity contribution < 1.29 is 9.32 Å². The first-order chi connectivity index (χ1) is 11.3. The Morgan fingerprint density at radius 3 is 2.87 bits per heavy atom. The first-order valence-corrected chi connectivity index (χ1v) is 8.70. The SMILES string of the molecule is CC[C@H](NC(=O)N1CCN(Cc2ccon2)CC1)c1nccs1. The van der Waals surface area contributed by atoms with Gasteiger partial charge in [0.05, 0.1) is 11.7 Å². The van der Waals surface area contributed by atoms with Gasteiger partial charge in [-0.3, -0.25) is 4.90 Å². The Balaban J connectivity index is 1.48. The number of hydrogen-bond donors (Lipinski definition) is 1. The summed E-state index contributed by atoms with van der Waals surface area (Å²) in [4.78, 5) is 20.9. The maximum absolute atomic E-state index is 12.4. The lowest BCUT2D eigenvalue weighted by molar-refractivity contribution is 0.131. The Labute approximate surface area is 139 Å². The molecule has 3 rings (SSSR count). The van der Waals surface area contributed by atoms with E-state index in [-0.39, 0.29) is 12.1 Å². The first-order valence-electron chi connectivity index (χ1n) is 7.82. The van der Waals surface area contributed by atoms with Crippen molar-refractivity contribution in [3.8, 4) is 0 Å². The summed E-state index contributed by atoms with van der Waals surface area (Å²) in [6.07, 6.45) is 4.20. The van der Waals surface area contributed by atoms with E-state index in [1.165, 1.54) is 0 Å². The molecule has 0 spiro atoms. The molecule has 1 aliphatic rings. The van der Waals surface area contributed by atoms with Crippen molar-refractivity contribution in [2.45, 2.75) is 25.9 Å². The Morgan fingerprint density at radius 2 is 2.26 bits per heavy atom. The molecule has 7 nitrogen and oxygen atoms in total. The summed E-state index contributed by atoms with van der Waals surface area (Å²) in [7, 11) is 0. The van der Waals surface area contributed by atoms with Crippen LogP contribution in [0.15, 0.2) is 28.4 Å². The molecule has 1 fully saturated rings. The molecule has 124 valence electrons. The van der Waals surface area contributed by atoms with Gasteiger partial charge in [0.25, 0.3) is 0 Å². The molecular weight excluding hydrogens is 314 g/mol. The summed E-state index contributed by atoms with van der Waals surface area (Å²) in [5.41, 5.74) is 0.928. The maximum atomic E-state index is 12.4. The van der Waals surface area contributed by atoms with Gasteiger partial charge in [0.1, 0.15) is 11.3 Å². The van der Waals surface area contributed by atoms with Gasteiger partial charge in [0.15, 0.2) is 0 Å². The number of carbonyl (C=O) groups is 1. The Morgan fingerprint density at radius 1 is 1.43 bits per heavy atom. The highest BCUT2D eigenvalue weighted by atomic mass is 32.1. The van der Waals surface area contributed by atoms with Gasteiger partial charge in [-0.25, -0.2) is 9.78 Å². The number of thiazole rings is 1. The second-order valence-corrected chi connectivity index (χ2v) is 6.46. The van der Waals surface area contributed by atoms with E-state index >= 15 is 0 Å². The Bertz CT molecular complexity index is 593. The lowest BCUT2D eigenvalue weighted by atomic mass is 10.2. The van der Waals surface area contributed by atoms with Crippen molar-refractivity contribution in [1.82, 2.24) is 25.3 Å². The van der Waals surface area contributed by atoms with E-state index in [4.69, 9.17) is 4.52 Å². The van der Waals surface area contributed by atoms with Crippen molar-refractivity contribution in [3.63, 3.8) is 0 Å². The van der Waals surface area contributed by atoms with Gasteiger partial charge < -0.3 is 14.7 Å². The van der Waals surface area contributed by atoms with Crippen LogP contribution in [-0.2, 0) is 6.54 Å². The van der Waals surface area contributed by atoms with Crippen molar-refractivity contribution in [2.75, 3.05) is 26.2 Å². The summed E-state index contributed by atoms with van der Waals surface area (Å²) >= 11 is 1.58. The van der Waals surface area contributed by atoms with Crippen molar-refractivity contribution in [1.29, 1.82) is 0 Å². The number of amides is 2. The van der Waals surface area contributed by atoms with Gasteiger partial charge >= 0.3 is 6.03 Å². The molecule has 8 heteroatoms. The quantitative estimate of drug-likeness (QED) is 0.906. The third-order valence-electron chi connectivity index (χ3n) is 3.99. The molecule has 3 heterocycles. The molecular formula is C15H21N5O2S. The van der Waals surface area contributed by atoms with Gasteiger partial charge in [-0.05, 0) is 6.42 Å². The average molecular weight is 335 g/mol. The third-order valence-corrected chi connectivity index (χ3v) is 4.88. The van der Waals surface area contributed by atoms with Gasteiger partial charge in [0, 0.05) is 50.4 Å². The zero-order chi connectivity index (χ0) is 16.1. The highest BCUT2D eigenvalue weighted by molar-refractivity contribution is 7.09. The van der Waals surface area contributed by atoms with Crippen LogP contribution >= 0.6 is 11.3 Å². The zero-order valence-electron chi connectivity index (χ0n) is 13.1. The molecule has 0 aliphatic carbocycles. The molecule has 2 aromatic rings. The molecule has 1 N–H and O–H groups in total. The molecule has 1 saturated heterocycles. The van der Waals surface area contributed by atoms with E-state index in [9.17, 15) is 4.79 Å². The van der Waals surface area contributed by atoms with Crippen LogP contribution in [0.1, 0.15) is 30.1 Å². The number of nitrogens with zero attached hydrogens (tertiary/aromatic N) is 4. The summed E-state index contributed by atoms with van der Waals surface area (Å²) in [5.74, 6) is 0. The standard InChI is InChI=1S/C15H21N5O2S/c1-2-13(14-16-4-10-23-14)17-15(21)20-7-5-19(6-8-20)11-12-3-9-22-18-12/h3-4,9-10,13H,2,5-8,11H2,1H3,(H,17,21)/t13-/m0/s1. The molecule has 1 aliphatic heterocycles. The maximum Gasteiger partial charge on any atom is 0.318 e. The minimum Gasteiger partial charge on any atom is -0.364 e. The predicted octanol–water partition coefficient (Wildman–Crippen LogP) is 2.11. The first kappa shape index (κ1) is 15.9. The van der Waals surface area contributed by atoms with Crippen LogP contribution in [-0.4, -0.2) is 52.2 Å². The fraction of sp³-hybridized carbons (Fsp3) is 0.533. The van der Waals surface area contributed by atoms with Gasteiger partial charge in [-0.15, -0.1) is 11.3 Å². The zero-order valence-corrected chi connectivity index (χ0v) is 14.0. The molecule has 0 unspecified atom stereocenters. The number of nitrogens with one attached hydrogen (secondary N) is 1. The number of urea groups is 1. The van der Waals surface area contributed by atoms with E-state index in [2.05, 4.69) is 27.3 Å². The number of rotatable bonds is 5. The molecule has 2 aromatic heterocycles. The van der Waals surface area contributed by atoms with E-state index in [0.717, 1.165) is 49.8 Å². The molecule has 0 saturated carbocycles. The van der Waals surface area contributed by atoms with Gasteiger partial charge in [-0.1, -0.05) is 12.1 Å². The van der Waals surface area contributed by atoms with Crippen LogP contribution < -0.4 is 5.32 Å². The van der Waals surface area contributed by atoms with Crippen molar-refractivity contribution >= 4 is 17.4 Å². The van der Waals surface area contributed by atoms with Crippen molar-refractivity contribution in [2.24, 2.45) is 0 Å². The Hall–Kier alpha value is -1.93. The topological polar surface area (TPSA) is 74.5 Å². The third kappa shape index (κ3) is 4.08. The lowest BCUT2D eigenvalue weighted by Gasteiger charge is -2.34. The monoisotopic (exact) mass is 335 g/mol. The smallest absolute Gasteiger partial charge is 0.318 e. The highest BCUT2D eigenvalue weighted by Crippen LogP contribution is 2.19. The fourth-order valence-corrected chi connectivity index (χ4v) is 3.42. The summed E-state index contributed by atoms with van der Waals surface area (Å²) in [6, 6.07) is 1.86. The van der Waals surface area contributed by atoms with E-state index in [1.807, 2.05) is 16.3 Å².